The third-order valence-corrected chi connectivity index (χ3v) is 6.19. The zero-order chi connectivity index (χ0) is 18.5. The zero-order valence-corrected chi connectivity index (χ0v) is 15.5. The van der Waals surface area contributed by atoms with Crippen molar-refractivity contribution in [3.8, 4) is 0 Å². The molecule has 1 aliphatic rings. The van der Waals surface area contributed by atoms with Crippen LogP contribution in [0.2, 0.25) is 0 Å². The monoisotopic (exact) mass is 390 g/mol. The molecule has 1 aliphatic heterocycles. The van der Waals surface area contributed by atoms with E-state index in [0.29, 0.717) is 11.3 Å². The van der Waals surface area contributed by atoms with E-state index in [4.69, 9.17) is 5.11 Å². The predicted octanol–water partition coefficient (Wildman–Crippen LogP) is 2.92. The highest BCUT2D eigenvalue weighted by atomic mass is 32.2. The number of anilines is 1. The fourth-order valence-electron chi connectivity index (χ4n) is 2.66. The molecule has 2 aromatic rings. The quantitative estimate of drug-likeness (QED) is 0.705. The van der Waals surface area contributed by atoms with Crippen LogP contribution in [0.4, 0.5) is 5.69 Å². The number of thiophene rings is 1. The topological polar surface area (TPSA) is 95.5 Å². The Hall–Kier alpha value is -2.32. The smallest absolute Gasteiger partial charge is 0.305 e. The van der Waals surface area contributed by atoms with Gasteiger partial charge in [-0.05, 0) is 53.4 Å². The van der Waals surface area contributed by atoms with Gasteiger partial charge in [0.15, 0.2) is 0 Å². The van der Waals surface area contributed by atoms with Crippen LogP contribution < -0.4 is 10.6 Å². The highest BCUT2D eigenvalue weighted by Crippen LogP contribution is 2.39. The molecule has 3 rings (SSSR count). The SMILES string of the molecule is O=C(O)CCNC(=O)c1ccc(NC(=O)C2SCCc3sccc32)cc1. The minimum Gasteiger partial charge on any atom is -0.481 e. The van der Waals surface area contributed by atoms with Gasteiger partial charge in [0.25, 0.3) is 5.91 Å². The minimum atomic E-state index is -0.960. The number of fused-ring (bicyclic) bond motifs is 1. The van der Waals surface area contributed by atoms with Gasteiger partial charge in [0.2, 0.25) is 5.91 Å². The van der Waals surface area contributed by atoms with Gasteiger partial charge >= 0.3 is 5.97 Å². The number of carboxylic acids is 1. The Morgan fingerprint density at radius 1 is 1.15 bits per heavy atom. The molecule has 0 spiro atoms. The van der Waals surface area contributed by atoms with E-state index in [2.05, 4.69) is 10.6 Å². The summed E-state index contributed by atoms with van der Waals surface area (Å²) in [6, 6.07) is 8.57. The number of rotatable bonds is 6. The predicted molar refractivity (Wildman–Crippen MR) is 103 cm³/mol. The Morgan fingerprint density at radius 2 is 1.92 bits per heavy atom. The van der Waals surface area contributed by atoms with Gasteiger partial charge in [-0.15, -0.1) is 23.1 Å². The van der Waals surface area contributed by atoms with Crippen LogP contribution in [-0.2, 0) is 16.0 Å². The molecular weight excluding hydrogens is 372 g/mol. The first-order valence-corrected chi connectivity index (χ1v) is 10.1. The Morgan fingerprint density at radius 3 is 2.65 bits per heavy atom. The van der Waals surface area contributed by atoms with Crippen LogP contribution in [0.3, 0.4) is 0 Å². The van der Waals surface area contributed by atoms with Crippen molar-refractivity contribution in [1.82, 2.24) is 5.32 Å². The molecule has 0 saturated heterocycles. The summed E-state index contributed by atoms with van der Waals surface area (Å²) in [7, 11) is 0. The number of carbonyl (C=O) groups excluding carboxylic acids is 2. The molecule has 136 valence electrons. The van der Waals surface area contributed by atoms with E-state index in [9.17, 15) is 14.4 Å². The highest BCUT2D eigenvalue weighted by molar-refractivity contribution is 8.00. The van der Waals surface area contributed by atoms with Crippen molar-refractivity contribution in [2.24, 2.45) is 0 Å². The lowest BCUT2D eigenvalue weighted by Gasteiger charge is -2.21. The first-order chi connectivity index (χ1) is 12.5. The summed E-state index contributed by atoms with van der Waals surface area (Å²) >= 11 is 3.33. The largest absolute Gasteiger partial charge is 0.481 e. The molecule has 1 unspecified atom stereocenters. The number of aryl methyl sites for hydroxylation is 1. The van der Waals surface area contributed by atoms with E-state index in [1.165, 1.54) is 4.88 Å². The van der Waals surface area contributed by atoms with Crippen LogP contribution in [-0.4, -0.2) is 35.2 Å². The number of carboxylic acid groups (broad SMARTS) is 1. The summed E-state index contributed by atoms with van der Waals surface area (Å²) in [5.41, 5.74) is 2.14. The maximum absolute atomic E-state index is 12.6. The van der Waals surface area contributed by atoms with Crippen molar-refractivity contribution in [3.05, 3.63) is 51.7 Å². The zero-order valence-electron chi connectivity index (χ0n) is 13.9. The van der Waals surface area contributed by atoms with Crippen LogP contribution in [0.1, 0.15) is 32.5 Å². The maximum atomic E-state index is 12.6. The summed E-state index contributed by atoms with van der Waals surface area (Å²) < 4.78 is 0. The summed E-state index contributed by atoms with van der Waals surface area (Å²) in [4.78, 5) is 36.2. The lowest BCUT2D eigenvalue weighted by atomic mass is 10.1. The van der Waals surface area contributed by atoms with Gasteiger partial charge in [0, 0.05) is 22.7 Å². The molecule has 0 saturated carbocycles. The fraction of sp³-hybridized carbons (Fsp3) is 0.278. The Labute approximate surface area is 159 Å². The lowest BCUT2D eigenvalue weighted by molar-refractivity contribution is -0.136. The Bertz CT molecular complexity index is 817. The molecule has 2 amide bonds. The van der Waals surface area contributed by atoms with Crippen LogP contribution in [0, 0.1) is 0 Å². The van der Waals surface area contributed by atoms with Gasteiger partial charge in [0.1, 0.15) is 5.25 Å². The van der Waals surface area contributed by atoms with E-state index in [0.717, 1.165) is 17.7 Å². The molecule has 1 aromatic carbocycles. The van der Waals surface area contributed by atoms with Crippen molar-refractivity contribution < 1.29 is 19.5 Å². The average molecular weight is 390 g/mol. The van der Waals surface area contributed by atoms with Gasteiger partial charge in [-0.25, -0.2) is 0 Å². The van der Waals surface area contributed by atoms with Crippen molar-refractivity contribution in [1.29, 1.82) is 0 Å². The molecule has 1 atom stereocenters. The number of amides is 2. The third-order valence-electron chi connectivity index (χ3n) is 3.95. The molecule has 0 radical (unpaired) electrons. The Kier molecular flexibility index (Phi) is 5.95. The molecule has 3 N–H and O–H groups in total. The molecule has 0 fully saturated rings. The molecule has 1 aromatic heterocycles. The lowest BCUT2D eigenvalue weighted by Crippen LogP contribution is -2.26. The first-order valence-electron chi connectivity index (χ1n) is 8.13. The third kappa shape index (κ3) is 4.44. The van der Waals surface area contributed by atoms with Crippen LogP contribution in [0.15, 0.2) is 35.7 Å². The van der Waals surface area contributed by atoms with Gasteiger partial charge in [-0.1, -0.05) is 0 Å². The normalized spacial score (nSPS) is 15.8. The number of hydrogen-bond acceptors (Lipinski definition) is 5. The van der Waals surface area contributed by atoms with E-state index in [1.807, 2.05) is 11.4 Å². The molecule has 26 heavy (non-hydrogen) atoms. The standard InChI is InChI=1S/C18H18N2O4S2/c21-15(22)5-8-19-17(23)11-1-3-12(4-2-11)20-18(24)16-13-6-9-25-14(13)7-10-26-16/h1-4,6,9,16H,5,7-8,10H2,(H,19,23)(H,20,24)(H,21,22). The molecule has 0 aliphatic carbocycles. The number of nitrogens with one attached hydrogen (secondary N) is 2. The molecular formula is C18H18N2O4S2. The Balaban J connectivity index is 1.59. The number of aliphatic carboxylic acids is 1. The van der Waals surface area contributed by atoms with Crippen LogP contribution >= 0.6 is 23.1 Å². The van der Waals surface area contributed by atoms with Gasteiger partial charge in [-0.2, -0.15) is 0 Å². The number of carbonyl (C=O) groups is 3. The van der Waals surface area contributed by atoms with Gasteiger partial charge < -0.3 is 15.7 Å². The second-order valence-electron chi connectivity index (χ2n) is 5.77. The van der Waals surface area contributed by atoms with Crippen LogP contribution in [0.5, 0.6) is 0 Å². The van der Waals surface area contributed by atoms with Crippen molar-refractivity contribution in [3.63, 3.8) is 0 Å². The number of thioether (sulfide) groups is 1. The first kappa shape index (κ1) is 18.5. The number of benzene rings is 1. The van der Waals surface area contributed by atoms with Crippen LogP contribution in [0.25, 0.3) is 0 Å². The second kappa shape index (κ2) is 8.37. The van der Waals surface area contributed by atoms with E-state index in [1.54, 1.807) is 47.4 Å². The van der Waals surface area contributed by atoms with E-state index in [-0.39, 0.29) is 30.0 Å². The summed E-state index contributed by atoms with van der Waals surface area (Å²) in [5.74, 6) is -0.429. The maximum Gasteiger partial charge on any atom is 0.305 e. The second-order valence-corrected chi connectivity index (χ2v) is 7.98. The molecule has 2 heterocycles. The van der Waals surface area contributed by atoms with E-state index < -0.39 is 5.97 Å². The highest BCUT2D eigenvalue weighted by Gasteiger charge is 2.28. The minimum absolute atomic E-state index is 0.0620. The molecule has 0 bridgehead atoms. The molecule has 8 heteroatoms. The van der Waals surface area contributed by atoms with Crippen molar-refractivity contribution in [2.75, 3.05) is 17.6 Å². The molecule has 6 nitrogen and oxygen atoms in total. The van der Waals surface area contributed by atoms with E-state index >= 15 is 0 Å². The number of hydrogen-bond donors (Lipinski definition) is 3. The summed E-state index contributed by atoms with van der Waals surface area (Å²) in [6.45, 7) is 0.0779. The van der Waals surface area contributed by atoms with Gasteiger partial charge in [-0.3, -0.25) is 14.4 Å². The summed E-state index contributed by atoms with van der Waals surface area (Å²) in [5, 5.41) is 15.8. The fourth-order valence-corrected chi connectivity index (χ4v) is 4.95. The summed E-state index contributed by atoms with van der Waals surface area (Å²) in [6.07, 6.45) is 0.886. The van der Waals surface area contributed by atoms with Crippen molar-refractivity contribution in [2.45, 2.75) is 18.1 Å². The average Bonchev–Trinajstić information content (AvgIpc) is 3.10. The van der Waals surface area contributed by atoms with Gasteiger partial charge in [0.05, 0.1) is 6.42 Å². The van der Waals surface area contributed by atoms with Crippen molar-refractivity contribution >= 4 is 46.6 Å².